The molecule has 1 amide bonds. The number of thiophene rings is 1. The van der Waals surface area contributed by atoms with E-state index in [0.29, 0.717) is 0 Å². The van der Waals surface area contributed by atoms with Crippen molar-refractivity contribution in [3.8, 4) is 0 Å². The highest BCUT2D eigenvalue weighted by Crippen LogP contribution is 2.22. The van der Waals surface area contributed by atoms with Crippen LogP contribution in [0.2, 0.25) is 0 Å². The van der Waals surface area contributed by atoms with Gasteiger partial charge in [-0.05, 0) is 40.2 Å². The van der Waals surface area contributed by atoms with Crippen LogP contribution in [0.3, 0.4) is 0 Å². The number of hydrogen-bond donors (Lipinski definition) is 1. The highest BCUT2D eigenvalue weighted by Gasteiger charge is 2.16. The number of rotatable bonds is 4. The smallest absolute Gasteiger partial charge is 0.336 e. The third-order valence-electron chi connectivity index (χ3n) is 2.40. The summed E-state index contributed by atoms with van der Waals surface area (Å²) in [4.78, 5) is 23.9. The maximum atomic E-state index is 11.9. The molecule has 0 saturated carbocycles. The molecular formula is C13H9BrNO3S. The molecule has 4 nitrogen and oxygen atoms in total. The van der Waals surface area contributed by atoms with Gasteiger partial charge in [-0.2, -0.15) is 0 Å². The number of hydrogen-bond acceptors (Lipinski definition) is 3. The minimum absolute atomic E-state index is 0.0244. The Balaban J connectivity index is 2.10. The summed E-state index contributed by atoms with van der Waals surface area (Å²) in [7, 11) is 0. The molecule has 0 saturated heterocycles. The summed E-state index contributed by atoms with van der Waals surface area (Å²) in [6.45, 7) is 0.253. The molecule has 2 aromatic rings. The maximum Gasteiger partial charge on any atom is 0.336 e. The van der Waals surface area contributed by atoms with Gasteiger partial charge in [-0.1, -0.05) is 12.1 Å². The molecule has 1 aromatic carbocycles. The van der Waals surface area contributed by atoms with E-state index in [1.165, 1.54) is 23.5 Å². The van der Waals surface area contributed by atoms with Crippen molar-refractivity contribution >= 4 is 39.1 Å². The van der Waals surface area contributed by atoms with E-state index in [9.17, 15) is 9.59 Å². The second-order valence-corrected chi connectivity index (χ2v) is 6.23. The average molecular weight is 339 g/mol. The average Bonchev–Trinajstić information content (AvgIpc) is 2.81. The van der Waals surface area contributed by atoms with E-state index in [4.69, 9.17) is 5.11 Å². The minimum atomic E-state index is -1.13. The summed E-state index contributed by atoms with van der Waals surface area (Å²) in [5, 5.41) is 12.9. The largest absolute Gasteiger partial charge is 0.478 e. The molecule has 19 heavy (non-hydrogen) atoms. The number of carbonyl (C=O) groups is 2. The number of nitrogens with zero attached hydrogens (tertiary/aromatic N) is 1. The van der Waals surface area contributed by atoms with E-state index in [1.54, 1.807) is 12.1 Å². The molecule has 0 unspecified atom stereocenters. The second kappa shape index (κ2) is 5.99. The van der Waals surface area contributed by atoms with E-state index in [0.717, 1.165) is 8.66 Å². The van der Waals surface area contributed by atoms with Crippen molar-refractivity contribution < 1.29 is 14.7 Å². The predicted molar refractivity (Wildman–Crippen MR) is 75.6 cm³/mol. The highest BCUT2D eigenvalue weighted by atomic mass is 79.9. The zero-order chi connectivity index (χ0) is 13.8. The predicted octanol–water partition coefficient (Wildman–Crippen LogP) is 3.15. The monoisotopic (exact) mass is 338 g/mol. The lowest BCUT2D eigenvalue weighted by atomic mass is 10.1. The lowest BCUT2D eigenvalue weighted by molar-refractivity contribution is 0.0691. The quantitative estimate of drug-likeness (QED) is 0.930. The molecule has 1 aromatic heterocycles. The number of benzene rings is 1. The van der Waals surface area contributed by atoms with Gasteiger partial charge >= 0.3 is 5.97 Å². The van der Waals surface area contributed by atoms with E-state index in [2.05, 4.69) is 21.2 Å². The minimum Gasteiger partial charge on any atom is -0.478 e. The topological polar surface area (TPSA) is 68.5 Å². The Hall–Kier alpha value is -1.66. The first-order chi connectivity index (χ1) is 9.08. The number of carboxylic acid groups (broad SMARTS) is 1. The van der Waals surface area contributed by atoms with Crippen molar-refractivity contribution in [2.24, 2.45) is 0 Å². The molecular weight excluding hydrogens is 330 g/mol. The summed E-state index contributed by atoms with van der Waals surface area (Å²) >= 11 is 4.82. The molecule has 0 bridgehead atoms. The lowest BCUT2D eigenvalue weighted by Gasteiger charge is -2.04. The summed E-state index contributed by atoms with van der Waals surface area (Å²) in [5.41, 5.74) is 0.0919. The maximum absolute atomic E-state index is 11.9. The number of aromatic carboxylic acids is 1. The fourth-order valence-corrected chi connectivity index (χ4v) is 2.94. The van der Waals surface area contributed by atoms with Gasteiger partial charge in [-0.15, -0.1) is 11.3 Å². The van der Waals surface area contributed by atoms with Crippen molar-refractivity contribution in [2.75, 3.05) is 0 Å². The van der Waals surface area contributed by atoms with E-state index in [1.807, 2.05) is 12.1 Å². The normalized spacial score (nSPS) is 10.2. The van der Waals surface area contributed by atoms with Crippen LogP contribution in [0.4, 0.5) is 0 Å². The highest BCUT2D eigenvalue weighted by molar-refractivity contribution is 9.11. The standard InChI is InChI=1S/C13H9BrNO3S/c14-11-6-5-8(19-11)7-15-12(16)9-3-1-2-4-10(9)13(17)18/h1-6H,7H2,(H,17,18). The third kappa shape index (κ3) is 3.42. The summed E-state index contributed by atoms with van der Waals surface area (Å²) < 4.78 is 0.969. The van der Waals surface area contributed by atoms with Crippen molar-refractivity contribution in [3.63, 3.8) is 0 Å². The van der Waals surface area contributed by atoms with Crippen molar-refractivity contribution in [2.45, 2.75) is 6.54 Å². The van der Waals surface area contributed by atoms with Gasteiger partial charge in [0.1, 0.15) is 0 Å². The first-order valence-corrected chi connectivity index (χ1v) is 6.97. The van der Waals surface area contributed by atoms with Gasteiger partial charge in [0.25, 0.3) is 5.91 Å². The summed E-state index contributed by atoms with van der Waals surface area (Å²) in [6, 6.07) is 9.82. The molecule has 2 rings (SSSR count). The van der Waals surface area contributed by atoms with Crippen LogP contribution in [0.5, 0.6) is 0 Å². The molecule has 0 atom stereocenters. The van der Waals surface area contributed by atoms with Gasteiger partial charge in [0.15, 0.2) is 0 Å². The van der Waals surface area contributed by atoms with E-state index >= 15 is 0 Å². The Kier molecular flexibility index (Phi) is 4.34. The van der Waals surface area contributed by atoms with Crippen molar-refractivity contribution in [1.82, 2.24) is 5.32 Å². The Bertz CT molecular complexity index is 624. The van der Waals surface area contributed by atoms with Gasteiger partial charge in [0, 0.05) is 4.88 Å². The van der Waals surface area contributed by atoms with Crippen LogP contribution in [-0.2, 0) is 6.54 Å². The van der Waals surface area contributed by atoms with Gasteiger partial charge in [0.05, 0.1) is 21.5 Å². The molecule has 1 heterocycles. The van der Waals surface area contributed by atoms with Crippen molar-refractivity contribution in [1.29, 1.82) is 0 Å². The molecule has 1 radical (unpaired) electrons. The van der Waals surface area contributed by atoms with Crippen LogP contribution in [0.15, 0.2) is 40.2 Å². The van der Waals surface area contributed by atoms with Gasteiger partial charge < -0.3 is 5.11 Å². The number of carbonyl (C=O) groups excluding carboxylic acids is 1. The van der Waals surface area contributed by atoms with Gasteiger partial charge in [-0.3, -0.25) is 4.79 Å². The first kappa shape index (κ1) is 13.8. The number of amides is 1. The van der Waals surface area contributed by atoms with Gasteiger partial charge in [0.2, 0.25) is 0 Å². The number of carboxylic acids is 1. The van der Waals surface area contributed by atoms with Gasteiger partial charge in [-0.25, -0.2) is 10.1 Å². The Morgan fingerprint density at radius 1 is 1.16 bits per heavy atom. The van der Waals surface area contributed by atoms with E-state index in [-0.39, 0.29) is 17.7 Å². The summed E-state index contributed by atoms with van der Waals surface area (Å²) in [5.74, 6) is -1.64. The second-order valence-electron chi connectivity index (χ2n) is 3.68. The molecule has 0 aliphatic heterocycles. The Labute approximate surface area is 122 Å². The van der Waals surface area contributed by atoms with E-state index < -0.39 is 11.9 Å². The summed E-state index contributed by atoms with van der Waals surface area (Å²) in [6.07, 6.45) is 0. The molecule has 6 heteroatoms. The number of halogens is 1. The molecule has 0 aliphatic carbocycles. The fourth-order valence-electron chi connectivity index (χ4n) is 1.53. The Morgan fingerprint density at radius 2 is 1.84 bits per heavy atom. The fraction of sp³-hybridized carbons (Fsp3) is 0.0769. The molecule has 0 fully saturated rings. The zero-order valence-corrected chi connectivity index (χ0v) is 12.1. The first-order valence-electron chi connectivity index (χ1n) is 5.36. The Morgan fingerprint density at radius 3 is 2.42 bits per heavy atom. The molecule has 0 aliphatic rings. The molecule has 1 N–H and O–H groups in total. The SMILES string of the molecule is O=C(O)c1ccccc1C(=O)[N]Cc1ccc(Br)s1. The molecule has 97 valence electrons. The lowest BCUT2D eigenvalue weighted by Crippen LogP contribution is -2.18. The van der Waals surface area contributed by atoms with Crippen LogP contribution < -0.4 is 5.32 Å². The third-order valence-corrected chi connectivity index (χ3v) is 4.00. The van der Waals surface area contributed by atoms with Crippen molar-refractivity contribution in [3.05, 3.63) is 56.2 Å². The zero-order valence-electron chi connectivity index (χ0n) is 9.67. The van der Waals surface area contributed by atoms with Crippen LogP contribution in [-0.4, -0.2) is 17.0 Å². The van der Waals surface area contributed by atoms with Crippen LogP contribution >= 0.6 is 27.3 Å². The molecule has 0 spiro atoms. The van der Waals surface area contributed by atoms with Crippen LogP contribution in [0.25, 0.3) is 0 Å². The van der Waals surface area contributed by atoms with Crippen LogP contribution in [0, 0.1) is 0 Å². The van der Waals surface area contributed by atoms with Crippen LogP contribution in [0.1, 0.15) is 25.6 Å².